The Bertz CT molecular complexity index is 649. The summed E-state index contributed by atoms with van der Waals surface area (Å²) in [6.07, 6.45) is 2.07. The van der Waals surface area contributed by atoms with Crippen LogP contribution in [0.3, 0.4) is 0 Å². The molecule has 1 aromatic carbocycles. The molecule has 0 radical (unpaired) electrons. The number of imidazole rings is 1. The van der Waals surface area contributed by atoms with Gasteiger partial charge < -0.3 is 9.47 Å². The Morgan fingerprint density at radius 3 is 2.20 bits per heavy atom. The molecule has 3 nitrogen and oxygen atoms in total. The summed E-state index contributed by atoms with van der Waals surface area (Å²) in [4.78, 5) is 6.98. The van der Waals surface area contributed by atoms with Gasteiger partial charge in [-0.05, 0) is 90.8 Å². The third-order valence-electron chi connectivity index (χ3n) is 3.19. The normalized spacial score (nSPS) is 11.8. The molecule has 0 aliphatic heterocycles. The van der Waals surface area contributed by atoms with Gasteiger partial charge in [0, 0.05) is 22.4 Å². The van der Waals surface area contributed by atoms with E-state index in [9.17, 15) is 0 Å². The standard InChI is InChI=1S/C13H15Br4N3/c1-19(2)6-4-5-7-18-12-10(16)8(14)9(15)11(17)13(12)20(7)3/h4-6H2,1-3H3. The van der Waals surface area contributed by atoms with Gasteiger partial charge in [-0.25, -0.2) is 4.98 Å². The molecule has 0 bridgehead atoms. The highest BCUT2D eigenvalue weighted by atomic mass is 79.9. The summed E-state index contributed by atoms with van der Waals surface area (Å²) < 4.78 is 6.15. The van der Waals surface area contributed by atoms with Crippen LogP contribution in [0.25, 0.3) is 11.0 Å². The van der Waals surface area contributed by atoms with Gasteiger partial charge in [0.1, 0.15) is 11.3 Å². The molecule has 0 aliphatic carbocycles. The second-order valence-corrected chi connectivity index (χ2v) is 8.12. The Morgan fingerprint density at radius 2 is 1.60 bits per heavy atom. The molecule has 110 valence electrons. The topological polar surface area (TPSA) is 21.1 Å². The minimum Gasteiger partial charge on any atom is -0.330 e. The second-order valence-electron chi connectivity index (χ2n) is 4.95. The molecule has 7 heteroatoms. The van der Waals surface area contributed by atoms with Crippen molar-refractivity contribution in [2.75, 3.05) is 20.6 Å². The average molecular weight is 533 g/mol. The molecule has 0 saturated carbocycles. The first-order valence-electron chi connectivity index (χ1n) is 6.16. The van der Waals surface area contributed by atoms with Crippen molar-refractivity contribution in [3.8, 4) is 0 Å². The van der Waals surface area contributed by atoms with Gasteiger partial charge in [-0.2, -0.15) is 0 Å². The summed E-state index contributed by atoms with van der Waals surface area (Å²) >= 11 is 14.4. The van der Waals surface area contributed by atoms with Crippen molar-refractivity contribution >= 4 is 74.8 Å². The van der Waals surface area contributed by atoms with Crippen LogP contribution in [0.1, 0.15) is 12.2 Å². The van der Waals surface area contributed by atoms with Crippen LogP contribution in [-0.2, 0) is 13.5 Å². The smallest absolute Gasteiger partial charge is 0.109 e. The zero-order valence-corrected chi connectivity index (χ0v) is 17.8. The van der Waals surface area contributed by atoms with Crippen molar-refractivity contribution in [1.29, 1.82) is 0 Å². The van der Waals surface area contributed by atoms with Gasteiger partial charge >= 0.3 is 0 Å². The molecule has 2 aromatic rings. The summed E-state index contributed by atoms with van der Waals surface area (Å²) in [5.74, 6) is 1.10. The molecule has 0 spiro atoms. The van der Waals surface area contributed by atoms with Crippen molar-refractivity contribution in [3.63, 3.8) is 0 Å². The summed E-state index contributed by atoms with van der Waals surface area (Å²) in [5.41, 5.74) is 2.08. The zero-order chi connectivity index (χ0) is 15.0. The highest BCUT2D eigenvalue weighted by molar-refractivity contribution is 9.15. The fourth-order valence-corrected chi connectivity index (χ4v) is 4.56. The molecule has 1 heterocycles. The molecular formula is C13H15Br4N3. The SMILES string of the molecule is CN(C)CCCc1nc2c(Br)c(Br)c(Br)c(Br)c2n1C. The Labute approximate surface area is 152 Å². The largest absolute Gasteiger partial charge is 0.330 e. The minimum atomic E-state index is 0.970. The van der Waals surface area contributed by atoms with Crippen LogP contribution in [0.15, 0.2) is 17.9 Å². The molecule has 0 fully saturated rings. The molecule has 0 atom stereocenters. The average Bonchev–Trinajstić information content (AvgIpc) is 2.71. The predicted molar refractivity (Wildman–Crippen MR) is 98.4 cm³/mol. The first-order valence-corrected chi connectivity index (χ1v) is 9.33. The molecule has 0 saturated heterocycles. The first kappa shape index (κ1) is 16.9. The van der Waals surface area contributed by atoms with Crippen molar-refractivity contribution < 1.29 is 0 Å². The van der Waals surface area contributed by atoms with Gasteiger partial charge in [0.05, 0.1) is 14.5 Å². The highest BCUT2D eigenvalue weighted by Gasteiger charge is 2.19. The lowest BCUT2D eigenvalue weighted by molar-refractivity contribution is 0.398. The van der Waals surface area contributed by atoms with Crippen molar-refractivity contribution in [2.45, 2.75) is 12.8 Å². The number of hydrogen-bond acceptors (Lipinski definition) is 2. The van der Waals surface area contributed by atoms with E-state index >= 15 is 0 Å². The maximum absolute atomic E-state index is 4.79. The van der Waals surface area contributed by atoms with Crippen LogP contribution >= 0.6 is 63.7 Å². The Kier molecular flexibility index (Phi) is 5.73. The van der Waals surface area contributed by atoms with Crippen LogP contribution in [0, 0.1) is 0 Å². The zero-order valence-electron chi connectivity index (χ0n) is 11.5. The Balaban J connectivity index is 2.47. The van der Waals surface area contributed by atoms with E-state index in [-0.39, 0.29) is 0 Å². The third-order valence-corrected chi connectivity index (χ3v) is 7.91. The fraction of sp³-hybridized carbons (Fsp3) is 0.462. The number of aromatic nitrogens is 2. The summed E-state index contributed by atoms with van der Waals surface area (Å²) in [6, 6.07) is 0. The molecule has 0 N–H and O–H groups in total. The van der Waals surface area contributed by atoms with E-state index in [2.05, 4.69) is 94.3 Å². The molecular weight excluding hydrogens is 518 g/mol. The van der Waals surface area contributed by atoms with E-state index in [1.54, 1.807) is 0 Å². The van der Waals surface area contributed by atoms with Crippen LogP contribution in [0.5, 0.6) is 0 Å². The quantitative estimate of drug-likeness (QED) is 0.403. The van der Waals surface area contributed by atoms with Gasteiger partial charge in [-0.15, -0.1) is 0 Å². The van der Waals surface area contributed by atoms with Crippen LogP contribution in [-0.4, -0.2) is 35.1 Å². The summed E-state index contributed by atoms with van der Waals surface area (Å²) in [6.45, 7) is 1.07. The monoisotopic (exact) mass is 529 g/mol. The van der Waals surface area contributed by atoms with E-state index in [0.717, 1.165) is 54.1 Å². The maximum atomic E-state index is 4.79. The van der Waals surface area contributed by atoms with Gasteiger partial charge in [-0.3, -0.25) is 0 Å². The molecule has 2 rings (SSSR count). The molecule has 0 amide bonds. The number of aryl methyl sites for hydroxylation is 2. The molecule has 20 heavy (non-hydrogen) atoms. The predicted octanol–water partition coefficient (Wildman–Crippen LogP) is 5.12. The molecule has 0 aliphatic rings. The summed E-state index contributed by atoms with van der Waals surface area (Å²) in [5, 5.41) is 0. The van der Waals surface area contributed by atoms with Crippen molar-refractivity contribution in [3.05, 3.63) is 23.7 Å². The van der Waals surface area contributed by atoms with E-state index in [1.807, 2.05) is 0 Å². The number of rotatable bonds is 4. The van der Waals surface area contributed by atoms with Gasteiger partial charge in [-0.1, -0.05) is 0 Å². The van der Waals surface area contributed by atoms with E-state index in [0.29, 0.717) is 0 Å². The minimum absolute atomic E-state index is 0.970. The van der Waals surface area contributed by atoms with Crippen LogP contribution in [0.2, 0.25) is 0 Å². The fourth-order valence-electron chi connectivity index (χ4n) is 2.13. The summed E-state index contributed by atoms with van der Waals surface area (Å²) in [7, 11) is 6.25. The Morgan fingerprint density at radius 1 is 1.00 bits per heavy atom. The lowest BCUT2D eigenvalue weighted by Crippen LogP contribution is -2.14. The first-order chi connectivity index (χ1) is 9.34. The number of nitrogens with zero attached hydrogens (tertiary/aromatic N) is 3. The lowest BCUT2D eigenvalue weighted by Gasteiger charge is -2.09. The third kappa shape index (κ3) is 3.16. The van der Waals surface area contributed by atoms with E-state index < -0.39 is 0 Å². The van der Waals surface area contributed by atoms with E-state index in [4.69, 9.17) is 4.98 Å². The number of fused-ring (bicyclic) bond motifs is 1. The van der Waals surface area contributed by atoms with Crippen LogP contribution < -0.4 is 0 Å². The maximum Gasteiger partial charge on any atom is 0.109 e. The lowest BCUT2D eigenvalue weighted by atomic mass is 10.3. The van der Waals surface area contributed by atoms with E-state index in [1.165, 1.54) is 0 Å². The number of hydrogen-bond donors (Lipinski definition) is 0. The van der Waals surface area contributed by atoms with Gasteiger partial charge in [0.15, 0.2) is 0 Å². The number of benzene rings is 1. The van der Waals surface area contributed by atoms with Gasteiger partial charge in [0.25, 0.3) is 0 Å². The van der Waals surface area contributed by atoms with Crippen molar-refractivity contribution in [2.24, 2.45) is 7.05 Å². The molecule has 0 unspecified atom stereocenters. The second kappa shape index (κ2) is 6.77. The highest BCUT2D eigenvalue weighted by Crippen LogP contribution is 2.43. The Hall–Kier alpha value is 0.570. The van der Waals surface area contributed by atoms with Crippen LogP contribution in [0.4, 0.5) is 0 Å². The van der Waals surface area contributed by atoms with Gasteiger partial charge in [0.2, 0.25) is 0 Å². The molecule has 1 aromatic heterocycles. The number of halogens is 4. The van der Waals surface area contributed by atoms with Crippen molar-refractivity contribution in [1.82, 2.24) is 14.5 Å².